The van der Waals surface area contributed by atoms with Crippen molar-refractivity contribution in [2.45, 2.75) is 25.9 Å². The van der Waals surface area contributed by atoms with Gasteiger partial charge in [0, 0.05) is 18.4 Å². The Bertz CT molecular complexity index is 250. The highest BCUT2D eigenvalue weighted by atomic mass is 15.1. The molecule has 0 radical (unpaired) electrons. The quantitative estimate of drug-likeness (QED) is 0.747. The van der Waals surface area contributed by atoms with Crippen LogP contribution in [0.15, 0.2) is 18.5 Å². The van der Waals surface area contributed by atoms with Gasteiger partial charge in [0.25, 0.3) is 0 Å². The molecule has 0 saturated carbocycles. The minimum absolute atomic E-state index is 0.476. The Hall–Kier alpha value is -1.00. The standard InChI is InChI=1S/C10H18N4/c1-9(4-5-11)14(2)8-10-12-6-3-7-13-10/h3,6-7,9H,4-5,8,11H2,1-2H3. The molecule has 4 heteroatoms. The van der Waals surface area contributed by atoms with Crippen LogP contribution in [0.2, 0.25) is 0 Å². The van der Waals surface area contributed by atoms with Crippen molar-refractivity contribution in [3.05, 3.63) is 24.3 Å². The van der Waals surface area contributed by atoms with E-state index < -0.39 is 0 Å². The summed E-state index contributed by atoms with van der Waals surface area (Å²) < 4.78 is 0. The van der Waals surface area contributed by atoms with Gasteiger partial charge in [-0.1, -0.05) is 0 Å². The van der Waals surface area contributed by atoms with Crippen LogP contribution in [-0.4, -0.2) is 34.5 Å². The molecular formula is C10H18N4. The van der Waals surface area contributed by atoms with Gasteiger partial charge in [-0.15, -0.1) is 0 Å². The summed E-state index contributed by atoms with van der Waals surface area (Å²) in [6.45, 7) is 3.67. The molecule has 0 amide bonds. The predicted octanol–water partition coefficient (Wildman–Crippen LogP) is 0.646. The van der Waals surface area contributed by atoms with E-state index in [9.17, 15) is 0 Å². The van der Waals surface area contributed by atoms with E-state index in [0.29, 0.717) is 6.04 Å². The molecule has 0 fully saturated rings. The van der Waals surface area contributed by atoms with Crippen LogP contribution in [0.25, 0.3) is 0 Å². The molecule has 1 rings (SSSR count). The van der Waals surface area contributed by atoms with Gasteiger partial charge >= 0.3 is 0 Å². The maximum absolute atomic E-state index is 5.50. The van der Waals surface area contributed by atoms with Crippen LogP contribution in [0, 0.1) is 0 Å². The highest BCUT2D eigenvalue weighted by Gasteiger charge is 2.09. The van der Waals surface area contributed by atoms with E-state index in [2.05, 4.69) is 28.8 Å². The molecular weight excluding hydrogens is 176 g/mol. The number of hydrogen-bond donors (Lipinski definition) is 1. The predicted molar refractivity (Wildman–Crippen MR) is 56.6 cm³/mol. The average Bonchev–Trinajstić information content (AvgIpc) is 2.19. The van der Waals surface area contributed by atoms with Crippen LogP contribution >= 0.6 is 0 Å². The van der Waals surface area contributed by atoms with E-state index in [0.717, 1.165) is 25.3 Å². The number of aromatic nitrogens is 2. The van der Waals surface area contributed by atoms with Crippen molar-refractivity contribution in [3.8, 4) is 0 Å². The van der Waals surface area contributed by atoms with E-state index in [4.69, 9.17) is 5.73 Å². The number of nitrogens with zero attached hydrogens (tertiary/aromatic N) is 3. The number of hydrogen-bond acceptors (Lipinski definition) is 4. The average molecular weight is 194 g/mol. The smallest absolute Gasteiger partial charge is 0.142 e. The van der Waals surface area contributed by atoms with Crippen LogP contribution in [0.1, 0.15) is 19.2 Å². The lowest BCUT2D eigenvalue weighted by atomic mass is 10.2. The Balaban J connectivity index is 2.44. The molecule has 0 aliphatic rings. The van der Waals surface area contributed by atoms with Crippen LogP contribution < -0.4 is 5.73 Å². The lowest BCUT2D eigenvalue weighted by molar-refractivity contribution is 0.235. The van der Waals surface area contributed by atoms with Gasteiger partial charge in [0.2, 0.25) is 0 Å². The van der Waals surface area contributed by atoms with E-state index in [1.54, 1.807) is 12.4 Å². The van der Waals surface area contributed by atoms with E-state index in [1.165, 1.54) is 0 Å². The van der Waals surface area contributed by atoms with Crippen LogP contribution in [0.3, 0.4) is 0 Å². The topological polar surface area (TPSA) is 55.0 Å². The molecule has 1 aromatic rings. The molecule has 4 nitrogen and oxygen atoms in total. The zero-order chi connectivity index (χ0) is 10.4. The zero-order valence-electron chi connectivity index (χ0n) is 8.85. The Morgan fingerprint density at radius 1 is 1.43 bits per heavy atom. The first-order valence-electron chi connectivity index (χ1n) is 4.90. The summed E-state index contributed by atoms with van der Waals surface area (Å²) in [7, 11) is 2.07. The lowest BCUT2D eigenvalue weighted by Gasteiger charge is -2.23. The Labute approximate surface area is 85.2 Å². The normalized spacial score (nSPS) is 13.1. The molecule has 0 aliphatic heterocycles. The summed E-state index contributed by atoms with van der Waals surface area (Å²) in [4.78, 5) is 10.6. The highest BCUT2D eigenvalue weighted by Crippen LogP contribution is 2.03. The van der Waals surface area contributed by atoms with E-state index >= 15 is 0 Å². The van der Waals surface area contributed by atoms with Gasteiger partial charge < -0.3 is 5.73 Å². The molecule has 14 heavy (non-hydrogen) atoms. The second-order valence-electron chi connectivity index (χ2n) is 3.51. The molecule has 0 aromatic carbocycles. The van der Waals surface area contributed by atoms with Crippen molar-refractivity contribution in [2.75, 3.05) is 13.6 Å². The molecule has 0 saturated heterocycles. The Morgan fingerprint density at radius 3 is 2.64 bits per heavy atom. The van der Waals surface area contributed by atoms with Gasteiger partial charge in [-0.25, -0.2) is 9.97 Å². The number of rotatable bonds is 5. The molecule has 0 aliphatic carbocycles. The fraction of sp³-hybridized carbons (Fsp3) is 0.600. The molecule has 0 bridgehead atoms. The molecule has 0 spiro atoms. The molecule has 78 valence electrons. The monoisotopic (exact) mass is 194 g/mol. The number of nitrogens with two attached hydrogens (primary N) is 1. The minimum Gasteiger partial charge on any atom is -0.330 e. The first-order chi connectivity index (χ1) is 6.74. The SMILES string of the molecule is CC(CCN)N(C)Cc1ncccn1. The first-order valence-corrected chi connectivity index (χ1v) is 4.90. The maximum Gasteiger partial charge on any atom is 0.142 e. The fourth-order valence-corrected chi connectivity index (χ4v) is 1.25. The van der Waals surface area contributed by atoms with Crippen LogP contribution in [0.5, 0.6) is 0 Å². The summed E-state index contributed by atoms with van der Waals surface area (Å²) in [6, 6.07) is 2.30. The summed E-state index contributed by atoms with van der Waals surface area (Å²) >= 11 is 0. The Morgan fingerprint density at radius 2 is 2.07 bits per heavy atom. The molecule has 1 aromatic heterocycles. The summed E-state index contributed by atoms with van der Waals surface area (Å²) in [5.74, 6) is 0.860. The summed E-state index contributed by atoms with van der Waals surface area (Å²) in [5.41, 5.74) is 5.50. The largest absolute Gasteiger partial charge is 0.330 e. The second kappa shape index (κ2) is 5.67. The molecule has 1 unspecified atom stereocenters. The zero-order valence-corrected chi connectivity index (χ0v) is 8.85. The van der Waals surface area contributed by atoms with Crippen molar-refractivity contribution in [1.82, 2.24) is 14.9 Å². The van der Waals surface area contributed by atoms with E-state index in [-0.39, 0.29) is 0 Å². The van der Waals surface area contributed by atoms with Crippen molar-refractivity contribution in [1.29, 1.82) is 0 Å². The van der Waals surface area contributed by atoms with Crippen molar-refractivity contribution in [3.63, 3.8) is 0 Å². The molecule has 1 atom stereocenters. The van der Waals surface area contributed by atoms with E-state index in [1.807, 2.05) is 6.07 Å². The summed E-state index contributed by atoms with van der Waals surface area (Å²) in [6.07, 6.45) is 4.54. The van der Waals surface area contributed by atoms with Crippen molar-refractivity contribution in [2.24, 2.45) is 5.73 Å². The third-order valence-electron chi connectivity index (χ3n) is 2.35. The van der Waals surface area contributed by atoms with Gasteiger partial charge in [-0.05, 0) is 33.0 Å². The molecule has 2 N–H and O–H groups in total. The first kappa shape index (κ1) is 11.1. The Kier molecular flexibility index (Phi) is 4.49. The van der Waals surface area contributed by atoms with Gasteiger partial charge in [0.1, 0.15) is 5.82 Å². The summed E-state index contributed by atoms with van der Waals surface area (Å²) in [5, 5.41) is 0. The maximum atomic E-state index is 5.50. The molecule has 1 heterocycles. The van der Waals surface area contributed by atoms with Crippen molar-refractivity contribution >= 4 is 0 Å². The van der Waals surface area contributed by atoms with Gasteiger partial charge in [-0.2, -0.15) is 0 Å². The minimum atomic E-state index is 0.476. The third kappa shape index (κ3) is 3.40. The lowest BCUT2D eigenvalue weighted by Crippen LogP contribution is -2.31. The fourth-order valence-electron chi connectivity index (χ4n) is 1.25. The van der Waals surface area contributed by atoms with Gasteiger partial charge in [0.15, 0.2) is 0 Å². The van der Waals surface area contributed by atoms with Gasteiger partial charge in [-0.3, -0.25) is 4.90 Å². The van der Waals surface area contributed by atoms with Crippen LogP contribution in [0.4, 0.5) is 0 Å². The highest BCUT2D eigenvalue weighted by molar-refractivity contribution is 4.88. The second-order valence-corrected chi connectivity index (χ2v) is 3.51. The van der Waals surface area contributed by atoms with Crippen LogP contribution in [-0.2, 0) is 6.54 Å². The van der Waals surface area contributed by atoms with Gasteiger partial charge in [0.05, 0.1) is 6.54 Å². The van der Waals surface area contributed by atoms with Crippen molar-refractivity contribution < 1.29 is 0 Å². The third-order valence-corrected chi connectivity index (χ3v) is 2.35.